The first-order chi connectivity index (χ1) is 9.16. The zero-order valence-electron chi connectivity index (χ0n) is 11.9. The zero-order chi connectivity index (χ0) is 13.7. The number of nitrogens with zero attached hydrogens (tertiary/aromatic N) is 3. The Morgan fingerprint density at radius 3 is 1.74 bits per heavy atom. The van der Waals surface area contributed by atoms with E-state index in [-0.39, 0.29) is 11.8 Å². The highest BCUT2D eigenvalue weighted by Gasteiger charge is 2.21. The number of likely N-dealkylation sites (tertiary alicyclic amines) is 1. The van der Waals surface area contributed by atoms with Crippen molar-refractivity contribution < 1.29 is 9.59 Å². The predicted octanol–water partition coefficient (Wildman–Crippen LogP) is 0.553. The number of hydrogen-bond donors (Lipinski definition) is 0. The monoisotopic (exact) mass is 267 g/mol. The summed E-state index contributed by atoms with van der Waals surface area (Å²) in [4.78, 5) is 30.0. The van der Waals surface area contributed by atoms with Crippen molar-refractivity contribution in [2.45, 2.75) is 32.1 Å². The van der Waals surface area contributed by atoms with Crippen molar-refractivity contribution in [1.29, 1.82) is 0 Å². The van der Waals surface area contributed by atoms with Crippen LogP contribution in [0.25, 0.3) is 0 Å². The second-order valence-corrected chi connectivity index (χ2v) is 5.63. The highest BCUT2D eigenvalue weighted by atomic mass is 16.2. The lowest BCUT2D eigenvalue weighted by Crippen LogP contribution is -2.47. The maximum atomic E-state index is 12.0. The van der Waals surface area contributed by atoms with Crippen molar-refractivity contribution in [2.24, 2.45) is 0 Å². The summed E-state index contributed by atoms with van der Waals surface area (Å²) in [6, 6.07) is 0. The van der Waals surface area contributed by atoms with E-state index in [0.717, 1.165) is 52.1 Å². The largest absolute Gasteiger partial charge is 0.343 e. The molecule has 2 rings (SSSR count). The number of amides is 2. The molecule has 2 aliphatic rings. The summed E-state index contributed by atoms with van der Waals surface area (Å²) in [5, 5.41) is 0. The van der Waals surface area contributed by atoms with E-state index < -0.39 is 0 Å². The van der Waals surface area contributed by atoms with Crippen molar-refractivity contribution in [1.82, 2.24) is 14.7 Å². The maximum Gasteiger partial charge on any atom is 0.223 e. The lowest BCUT2D eigenvalue weighted by Gasteiger charge is -2.32. The molecule has 0 bridgehead atoms. The van der Waals surface area contributed by atoms with Gasteiger partial charge in [-0.1, -0.05) is 0 Å². The molecule has 5 nitrogen and oxygen atoms in total. The Morgan fingerprint density at radius 2 is 1.21 bits per heavy atom. The SMILES string of the molecule is CN1CCN(C(=O)CCC(=O)N2CCCCC2)CC1. The summed E-state index contributed by atoms with van der Waals surface area (Å²) in [5.74, 6) is 0.292. The molecule has 19 heavy (non-hydrogen) atoms. The number of piperidine rings is 1. The van der Waals surface area contributed by atoms with Gasteiger partial charge >= 0.3 is 0 Å². The van der Waals surface area contributed by atoms with Crippen LogP contribution in [-0.2, 0) is 9.59 Å². The first kappa shape index (κ1) is 14.3. The Bertz CT molecular complexity index is 319. The Hall–Kier alpha value is -1.10. The molecule has 0 aromatic rings. The van der Waals surface area contributed by atoms with E-state index in [1.807, 2.05) is 9.80 Å². The first-order valence-electron chi connectivity index (χ1n) is 7.41. The average Bonchev–Trinajstić information content (AvgIpc) is 2.46. The molecule has 2 aliphatic heterocycles. The molecule has 0 aliphatic carbocycles. The van der Waals surface area contributed by atoms with Crippen LogP contribution in [0.1, 0.15) is 32.1 Å². The Balaban J connectivity index is 1.69. The van der Waals surface area contributed by atoms with E-state index >= 15 is 0 Å². The third-order valence-electron chi connectivity index (χ3n) is 4.12. The molecular weight excluding hydrogens is 242 g/mol. The summed E-state index contributed by atoms with van der Waals surface area (Å²) in [7, 11) is 2.07. The number of carbonyl (C=O) groups excluding carboxylic acids is 2. The van der Waals surface area contributed by atoms with E-state index in [0.29, 0.717) is 12.8 Å². The molecule has 0 saturated carbocycles. The van der Waals surface area contributed by atoms with Gasteiger partial charge in [-0.05, 0) is 26.3 Å². The van der Waals surface area contributed by atoms with Gasteiger partial charge in [0.2, 0.25) is 11.8 Å². The topological polar surface area (TPSA) is 43.9 Å². The van der Waals surface area contributed by atoms with Gasteiger partial charge < -0.3 is 14.7 Å². The van der Waals surface area contributed by atoms with Gasteiger partial charge in [0.15, 0.2) is 0 Å². The number of likely N-dealkylation sites (N-methyl/N-ethyl adjacent to an activating group) is 1. The predicted molar refractivity (Wildman–Crippen MR) is 73.7 cm³/mol. The summed E-state index contributed by atoms with van der Waals surface area (Å²) >= 11 is 0. The van der Waals surface area contributed by atoms with Gasteiger partial charge in [0.05, 0.1) is 0 Å². The minimum atomic E-state index is 0.137. The third-order valence-corrected chi connectivity index (χ3v) is 4.12. The van der Waals surface area contributed by atoms with Crippen molar-refractivity contribution in [3.63, 3.8) is 0 Å². The van der Waals surface area contributed by atoms with E-state index in [1.165, 1.54) is 6.42 Å². The molecule has 0 aromatic carbocycles. The Labute approximate surface area is 115 Å². The molecule has 2 fully saturated rings. The smallest absolute Gasteiger partial charge is 0.223 e. The fourth-order valence-corrected chi connectivity index (χ4v) is 2.73. The molecule has 2 saturated heterocycles. The van der Waals surface area contributed by atoms with Crippen LogP contribution < -0.4 is 0 Å². The lowest BCUT2D eigenvalue weighted by atomic mass is 10.1. The van der Waals surface area contributed by atoms with Gasteiger partial charge in [-0.3, -0.25) is 9.59 Å². The molecule has 2 amide bonds. The Morgan fingerprint density at radius 1 is 0.737 bits per heavy atom. The summed E-state index contributed by atoms with van der Waals surface area (Å²) in [6.07, 6.45) is 4.20. The minimum absolute atomic E-state index is 0.137. The van der Waals surface area contributed by atoms with Crippen molar-refractivity contribution in [3.8, 4) is 0 Å². The van der Waals surface area contributed by atoms with E-state index in [1.54, 1.807) is 0 Å². The molecule has 0 atom stereocenters. The summed E-state index contributed by atoms with van der Waals surface area (Å²) < 4.78 is 0. The van der Waals surface area contributed by atoms with Crippen LogP contribution in [0.4, 0.5) is 0 Å². The highest BCUT2D eigenvalue weighted by Crippen LogP contribution is 2.11. The van der Waals surface area contributed by atoms with Crippen molar-refractivity contribution >= 4 is 11.8 Å². The standard InChI is InChI=1S/C14H25N3O2/c1-15-9-11-17(12-10-15)14(19)6-5-13(18)16-7-3-2-4-8-16/h2-12H2,1H3. The van der Waals surface area contributed by atoms with Crippen LogP contribution in [0.15, 0.2) is 0 Å². The van der Waals surface area contributed by atoms with Gasteiger partial charge in [0.25, 0.3) is 0 Å². The molecule has 0 spiro atoms. The molecule has 5 heteroatoms. The fraction of sp³-hybridized carbons (Fsp3) is 0.857. The number of hydrogen-bond acceptors (Lipinski definition) is 3. The van der Waals surface area contributed by atoms with Gasteiger partial charge in [-0.2, -0.15) is 0 Å². The maximum absolute atomic E-state index is 12.0. The van der Waals surface area contributed by atoms with Gasteiger partial charge in [0, 0.05) is 52.1 Å². The summed E-state index contributed by atoms with van der Waals surface area (Å²) in [5.41, 5.74) is 0. The molecule has 108 valence electrons. The van der Waals surface area contributed by atoms with Crippen molar-refractivity contribution in [3.05, 3.63) is 0 Å². The van der Waals surface area contributed by atoms with Crippen LogP contribution in [0, 0.1) is 0 Å². The highest BCUT2D eigenvalue weighted by molar-refractivity contribution is 5.84. The lowest BCUT2D eigenvalue weighted by molar-refractivity contribution is -0.138. The number of piperazine rings is 1. The van der Waals surface area contributed by atoms with E-state index in [2.05, 4.69) is 11.9 Å². The molecule has 0 unspecified atom stereocenters. The number of carbonyl (C=O) groups is 2. The van der Waals surface area contributed by atoms with Crippen LogP contribution in [0.2, 0.25) is 0 Å². The van der Waals surface area contributed by atoms with Crippen LogP contribution in [0.5, 0.6) is 0 Å². The zero-order valence-corrected chi connectivity index (χ0v) is 11.9. The van der Waals surface area contributed by atoms with Gasteiger partial charge in [-0.15, -0.1) is 0 Å². The minimum Gasteiger partial charge on any atom is -0.343 e. The van der Waals surface area contributed by atoms with Gasteiger partial charge in [-0.25, -0.2) is 0 Å². The molecule has 0 N–H and O–H groups in total. The van der Waals surface area contributed by atoms with Crippen LogP contribution in [-0.4, -0.2) is 72.8 Å². The van der Waals surface area contributed by atoms with Gasteiger partial charge in [0.1, 0.15) is 0 Å². The molecule has 0 aromatic heterocycles. The first-order valence-corrected chi connectivity index (χ1v) is 7.41. The van der Waals surface area contributed by atoms with Crippen LogP contribution in [0.3, 0.4) is 0 Å². The van der Waals surface area contributed by atoms with Crippen molar-refractivity contribution in [2.75, 3.05) is 46.3 Å². The molecule has 0 radical (unpaired) electrons. The van der Waals surface area contributed by atoms with E-state index in [9.17, 15) is 9.59 Å². The summed E-state index contributed by atoms with van der Waals surface area (Å²) in [6.45, 7) is 5.22. The second kappa shape index (κ2) is 6.89. The van der Waals surface area contributed by atoms with E-state index in [4.69, 9.17) is 0 Å². The Kier molecular flexibility index (Phi) is 5.19. The average molecular weight is 267 g/mol. The normalized spacial score (nSPS) is 21.5. The van der Waals surface area contributed by atoms with Crippen LogP contribution >= 0.6 is 0 Å². The fourth-order valence-electron chi connectivity index (χ4n) is 2.73. The molecule has 2 heterocycles. The number of rotatable bonds is 3. The quantitative estimate of drug-likeness (QED) is 0.750. The molecular formula is C14H25N3O2. The second-order valence-electron chi connectivity index (χ2n) is 5.63. The third kappa shape index (κ3) is 4.20.